The first-order valence-electron chi connectivity index (χ1n) is 9.77. The molecule has 1 N–H and O–H groups in total. The Bertz CT molecular complexity index is 1070. The van der Waals surface area contributed by atoms with Gasteiger partial charge in [0.15, 0.2) is 18.1 Å². The molecule has 1 aliphatic rings. The van der Waals surface area contributed by atoms with Crippen LogP contribution in [0.25, 0.3) is 0 Å². The molecule has 31 heavy (non-hydrogen) atoms. The Hall–Kier alpha value is -3.11. The molecule has 3 rings (SSSR count). The van der Waals surface area contributed by atoms with E-state index in [0.717, 1.165) is 5.56 Å². The predicted molar refractivity (Wildman–Crippen MR) is 111 cm³/mol. The predicted octanol–water partition coefficient (Wildman–Crippen LogP) is 1.92. The molecule has 1 heterocycles. The monoisotopic (exact) mass is 448 g/mol. The summed E-state index contributed by atoms with van der Waals surface area (Å²) in [5.74, 6) is -0.0141. The van der Waals surface area contributed by atoms with Crippen molar-refractivity contribution in [3.8, 4) is 11.5 Å². The number of nitrogens with zero attached hydrogens (tertiary/aromatic N) is 1. The maximum atomic E-state index is 12.6. The fourth-order valence-electron chi connectivity index (χ4n) is 3.01. The lowest BCUT2D eigenvalue weighted by atomic mass is 10.2. The molecule has 10 heteroatoms. The second kappa shape index (κ2) is 9.80. The molecule has 0 atom stereocenters. The van der Waals surface area contributed by atoms with Gasteiger partial charge in [0.05, 0.1) is 10.5 Å². The fraction of sp³-hybridized carbons (Fsp3) is 0.333. The normalized spacial score (nSPS) is 12.6. The number of fused-ring (bicyclic) bond motifs is 1. The van der Waals surface area contributed by atoms with Gasteiger partial charge in [-0.1, -0.05) is 26.0 Å². The molecule has 9 nitrogen and oxygen atoms in total. The number of amides is 1. The quantitative estimate of drug-likeness (QED) is 0.584. The van der Waals surface area contributed by atoms with Gasteiger partial charge in [0, 0.05) is 19.6 Å². The first-order chi connectivity index (χ1) is 14.8. The van der Waals surface area contributed by atoms with Gasteiger partial charge in [0.1, 0.15) is 0 Å². The van der Waals surface area contributed by atoms with Gasteiger partial charge in [0.2, 0.25) is 16.8 Å². The third-order valence-electron chi connectivity index (χ3n) is 4.67. The number of hydrogen-bond acceptors (Lipinski definition) is 7. The summed E-state index contributed by atoms with van der Waals surface area (Å²) in [6.07, 6.45) is 0. The van der Waals surface area contributed by atoms with E-state index < -0.39 is 28.5 Å². The highest BCUT2D eigenvalue weighted by Crippen LogP contribution is 2.32. The molecular formula is C21H24N2O7S. The van der Waals surface area contributed by atoms with Gasteiger partial charge in [-0.25, -0.2) is 13.2 Å². The van der Waals surface area contributed by atoms with Crippen LogP contribution >= 0.6 is 0 Å². The van der Waals surface area contributed by atoms with Crippen molar-refractivity contribution in [1.82, 2.24) is 9.62 Å². The Labute approximate surface area is 181 Å². The van der Waals surface area contributed by atoms with Crippen molar-refractivity contribution in [2.75, 3.05) is 26.5 Å². The van der Waals surface area contributed by atoms with Crippen molar-refractivity contribution in [1.29, 1.82) is 0 Å². The van der Waals surface area contributed by atoms with Gasteiger partial charge in [-0.05, 0) is 35.9 Å². The lowest BCUT2D eigenvalue weighted by molar-refractivity contribution is -0.124. The maximum Gasteiger partial charge on any atom is 0.338 e. The highest BCUT2D eigenvalue weighted by molar-refractivity contribution is 7.89. The van der Waals surface area contributed by atoms with Crippen LogP contribution in [0.2, 0.25) is 0 Å². The summed E-state index contributed by atoms with van der Waals surface area (Å²) < 4.78 is 42.1. The van der Waals surface area contributed by atoms with E-state index in [-0.39, 0.29) is 23.8 Å². The number of carbonyl (C=O) groups excluding carboxylic acids is 2. The van der Waals surface area contributed by atoms with E-state index in [1.807, 2.05) is 0 Å². The zero-order chi connectivity index (χ0) is 22.4. The van der Waals surface area contributed by atoms with Gasteiger partial charge >= 0.3 is 5.97 Å². The topological polar surface area (TPSA) is 111 Å². The van der Waals surface area contributed by atoms with Crippen LogP contribution in [0.3, 0.4) is 0 Å². The molecule has 0 aromatic heterocycles. The summed E-state index contributed by atoms with van der Waals surface area (Å²) in [4.78, 5) is 24.3. The summed E-state index contributed by atoms with van der Waals surface area (Å²) >= 11 is 0. The number of carbonyl (C=O) groups is 2. The number of ether oxygens (including phenoxy) is 3. The lowest BCUT2D eigenvalue weighted by Gasteiger charge is -2.18. The zero-order valence-electron chi connectivity index (χ0n) is 17.3. The maximum absolute atomic E-state index is 12.6. The average molecular weight is 448 g/mol. The minimum absolute atomic E-state index is 0.00194. The van der Waals surface area contributed by atoms with Crippen molar-refractivity contribution in [3.05, 3.63) is 53.6 Å². The Morgan fingerprint density at radius 3 is 2.55 bits per heavy atom. The first-order valence-corrected chi connectivity index (χ1v) is 11.2. The van der Waals surface area contributed by atoms with Crippen LogP contribution in [0.5, 0.6) is 11.5 Å². The van der Waals surface area contributed by atoms with Crippen LogP contribution in [0.4, 0.5) is 0 Å². The molecule has 2 aromatic rings. The Morgan fingerprint density at radius 2 is 1.81 bits per heavy atom. The molecule has 0 bridgehead atoms. The van der Waals surface area contributed by atoms with Crippen LogP contribution in [-0.4, -0.2) is 51.1 Å². The molecule has 0 unspecified atom stereocenters. The van der Waals surface area contributed by atoms with Crippen molar-refractivity contribution in [3.63, 3.8) is 0 Å². The summed E-state index contributed by atoms with van der Waals surface area (Å²) in [5, 5.41) is 2.65. The molecular weight excluding hydrogens is 424 g/mol. The minimum Gasteiger partial charge on any atom is -0.454 e. The summed E-state index contributed by atoms with van der Waals surface area (Å²) in [6.45, 7) is 4.01. The average Bonchev–Trinajstić information content (AvgIpc) is 3.24. The van der Waals surface area contributed by atoms with Gasteiger partial charge in [-0.3, -0.25) is 4.79 Å². The number of nitrogens with one attached hydrogen (secondary N) is 1. The Kier molecular flexibility index (Phi) is 7.13. The molecule has 2 aromatic carbocycles. The molecule has 0 fully saturated rings. The minimum atomic E-state index is -3.71. The van der Waals surface area contributed by atoms with E-state index >= 15 is 0 Å². The largest absolute Gasteiger partial charge is 0.454 e. The van der Waals surface area contributed by atoms with E-state index in [0.29, 0.717) is 24.6 Å². The second-order valence-corrected chi connectivity index (χ2v) is 8.60. The van der Waals surface area contributed by atoms with E-state index in [1.54, 1.807) is 32.0 Å². The van der Waals surface area contributed by atoms with Crippen LogP contribution in [0, 0.1) is 0 Å². The van der Waals surface area contributed by atoms with Crippen molar-refractivity contribution in [2.45, 2.75) is 25.3 Å². The number of rotatable bonds is 9. The van der Waals surface area contributed by atoms with Gasteiger partial charge in [0.25, 0.3) is 5.91 Å². The smallest absolute Gasteiger partial charge is 0.338 e. The number of benzene rings is 2. The molecule has 0 aliphatic carbocycles. The van der Waals surface area contributed by atoms with Crippen LogP contribution in [0.1, 0.15) is 29.8 Å². The van der Waals surface area contributed by atoms with Crippen molar-refractivity contribution in [2.24, 2.45) is 0 Å². The third kappa shape index (κ3) is 5.33. The van der Waals surface area contributed by atoms with E-state index in [4.69, 9.17) is 14.2 Å². The third-order valence-corrected chi connectivity index (χ3v) is 6.72. The zero-order valence-corrected chi connectivity index (χ0v) is 18.1. The molecule has 0 saturated heterocycles. The molecule has 0 radical (unpaired) electrons. The number of sulfonamides is 1. The highest BCUT2D eigenvalue weighted by atomic mass is 32.2. The Balaban J connectivity index is 1.55. The SMILES string of the molecule is CCN(CC)S(=O)(=O)c1cccc(C(=O)OCC(=O)NCc2ccc3c(c2)OCO3)c1. The number of hydrogen-bond donors (Lipinski definition) is 1. The summed E-state index contributed by atoms with van der Waals surface area (Å²) in [6, 6.07) is 10.9. The number of esters is 1. The van der Waals surface area contributed by atoms with Crippen LogP contribution in [0.15, 0.2) is 47.4 Å². The van der Waals surface area contributed by atoms with Gasteiger partial charge < -0.3 is 19.5 Å². The van der Waals surface area contributed by atoms with E-state index in [2.05, 4.69) is 5.32 Å². The molecule has 166 valence electrons. The van der Waals surface area contributed by atoms with Gasteiger partial charge in [-0.15, -0.1) is 0 Å². The fourth-order valence-corrected chi connectivity index (χ4v) is 4.52. The first kappa shape index (κ1) is 22.6. The second-order valence-electron chi connectivity index (χ2n) is 6.66. The highest BCUT2D eigenvalue weighted by Gasteiger charge is 2.23. The van der Waals surface area contributed by atoms with Crippen molar-refractivity contribution >= 4 is 21.9 Å². The van der Waals surface area contributed by atoms with Crippen molar-refractivity contribution < 1.29 is 32.2 Å². The molecule has 0 spiro atoms. The lowest BCUT2D eigenvalue weighted by Crippen LogP contribution is -2.31. The Morgan fingerprint density at radius 1 is 1.06 bits per heavy atom. The summed E-state index contributed by atoms with van der Waals surface area (Å²) in [7, 11) is -3.71. The van der Waals surface area contributed by atoms with E-state index in [1.165, 1.54) is 28.6 Å². The summed E-state index contributed by atoms with van der Waals surface area (Å²) in [5.41, 5.74) is 0.857. The standard InChI is InChI=1S/C21H24N2O7S/c1-3-23(4-2)31(26,27)17-7-5-6-16(11-17)21(25)28-13-20(24)22-12-15-8-9-18-19(10-15)30-14-29-18/h5-11H,3-4,12-14H2,1-2H3,(H,22,24). The van der Waals surface area contributed by atoms with Crippen LogP contribution < -0.4 is 14.8 Å². The molecule has 1 aliphatic heterocycles. The molecule has 1 amide bonds. The molecule has 0 saturated carbocycles. The van der Waals surface area contributed by atoms with Crippen LogP contribution in [-0.2, 0) is 26.1 Å². The van der Waals surface area contributed by atoms with Gasteiger partial charge in [-0.2, -0.15) is 4.31 Å². The van der Waals surface area contributed by atoms with E-state index in [9.17, 15) is 18.0 Å².